The highest BCUT2D eigenvalue weighted by Gasteiger charge is 2.47. The number of carbonyl (C=O) groups excluding carboxylic acids is 2. The lowest BCUT2D eigenvalue weighted by atomic mass is 9.82. The van der Waals surface area contributed by atoms with Crippen molar-refractivity contribution in [3.63, 3.8) is 0 Å². The molecule has 2 fully saturated rings. The first-order valence-electron chi connectivity index (χ1n) is 13.2. The van der Waals surface area contributed by atoms with Crippen LogP contribution in [0.5, 0.6) is 5.75 Å². The Morgan fingerprint density at radius 2 is 2.11 bits per heavy atom. The molecule has 0 radical (unpaired) electrons. The van der Waals surface area contributed by atoms with Crippen molar-refractivity contribution < 1.29 is 32.2 Å². The molecule has 1 saturated carbocycles. The smallest absolute Gasteiger partial charge is 0.422 e. The van der Waals surface area contributed by atoms with Gasteiger partial charge in [-0.3, -0.25) is 14.3 Å². The average molecular weight is 533 g/mol. The number of carbonyl (C=O) groups is 2. The first kappa shape index (κ1) is 25.2. The van der Waals surface area contributed by atoms with Crippen molar-refractivity contribution in [1.82, 2.24) is 20.4 Å². The third-order valence-corrected chi connectivity index (χ3v) is 8.25. The molecule has 1 spiro atoms. The lowest BCUT2D eigenvalue weighted by molar-refractivity contribution is -0.157. The molecule has 204 valence electrons. The Bertz CT molecular complexity index is 1280. The van der Waals surface area contributed by atoms with Crippen LogP contribution in [0.15, 0.2) is 18.2 Å². The minimum absolute atomic E-state index is 0.103. The summed E-state index contributed by atoms with van der Waals surface area (Å²) in [7, 11) is 0. The van der Waals surface area contributed by atoms with E-state index < -0.39 is 23.7 Å². The molecule has 3 heterocycles. The van der Waals surface area contributed by atoms with Crippen molar-refractivity contribution in [2.45, 2.75) is 70.3 Å². The number of alkyl halides is 3. The summed E-state index contributed by atoms with van der Waals surface area (Å²) in [5.74, 6) is 0.499. The average Bonchev–Trinajstić information content (AvgIpc) is 3.53. The Labute approximate surface area is 218 Å². The molecular weight excluding hydrogens is 501 g/mol. The summed E-state index contributed by atoms with van der Waals surface area (Å²) < 4.78 is 49.8. The minimum Gasteiger partial charge on any atom is -0.484 e. The fourth-order valence-corrected chi connectivity index (χ4v) is 5.84. The zero-order chi connectivity index (χ0) is 26.7. The van der Waals surface area contributed by atoms with Crippen molar-refractivity contribution in [2.24, 2.45) is 11.3 Å². The molecule has 4 aliphatic rings. The fraction of sp³-hybridized carbons (Fsp3) is 0.593. The number of fused-ring (bicyclic) bond motifs is 3. The first-order valence-corrected chi connectivity index (χ1v) is 13.2. The van der Waals surface area contributed by atoms with Crippen LogP contribution in [0.3, 0.4) is 0 Å². The number of benzene rings is 1. The van der Waals surface area contributed by atoms with Gasteiger partial charge in [0.05, 0.1) is 47.7 Å². The molecule has 2 aliphatic carbocycles. The molecule has 1 aromatic carbocycles. The molecule has 2 N–H and O–H groups in total. The predicted octanol–water partition coefficient (Wildman–Crippen LogP) is 3.40. The second kappa shape index (κ2) is 9.00. The summed E-state index contributed by atoms with van der Waals surface area (Å²) in [5, 5.41) is 11.1. The third-order valence-electron chi connectivity index (χ3n) is 8.25. The number of nitrogens with zero attached hydrogens (tertiary/aromatic N) is 2. The van der Waals surface area contributed by atoms with Crippen LogP contribution in [-0.2, 0) is 41.0 Å². The van der Waals surface area contributed by atoms with Crippen LogP contribution in [0.2, 0.25) is 0 Å². The van der Waals surface area contributed by atoms with E-state index in [1.54, 1.807) is 12.1 Å². The number of aryl methyl sites for hydroxylation is 2. The molecule has 1 aromatic heterocycles. The van der Waals surface area contributed by atoms with E-state index in [2.05, 4.69) is 10.6 Å². The SMILES string of the molecule is CC1(C(=O)NCc2c3c(nn2CCC2CC2)C[C@]2(CCc4cc(OCC(F)(F)F)ccc42)NC3=O)COC1. The van der Waals surface area contributed by atoms with Crippen LogP contribution < -0.4 is 15.4 Å². The van der Waals surface area contributed by atoms with Crippen LogP contribution in [0.25, 0.3) is 0 Å². The summed E-state index contributed by atoms with van der Waals surface area (Å²) in [6.07, 6.45) is 0.694. The number of aromatic nitrogens is 2. The molecule has 2 aliphatic heterocycles. The number of nitrogens with one attached hydrogen (secondary N) is 2. The normalized spacial score (nSPS) is 23.4. The van der Waals surface area contributed by atoms with Gasteiger partial charge < -0.3 is 20.1 Å². The van der Waals surface area contributed by atoms with Crippen LogP contribution in [-0.4, -0.2) is 47.6 Å². The van der Waals surface area contributed by atoms with Crippen LogP contribution in [0, 0.1) is 11.3 Å². The highest BCUT2D eigenvalue weighted by atomic mass is 19.4. The Morgan fingerprint density at radius 1 is 1.32 bits per heavy atom. The van der Waals surface area contributed by atoms with Gasteiger partial charge >= 0.3 is 6.18 Å². The summed E-state index contributed by atoms with van der Waals surface area (Å²) in [6, 6.07) is 4.92. The number of rotatable bonds is 8. The van der Waals surface area contributed by atoms with E-state index in [4.69, 9.17) is 14.6 Å². The maximum atomic E-state index is 13.6. The summed E-state index contributed by atoms with van der Waals surface area (Å²) in [4.78, 5) is 26.3. The van der Waals surface area contributed by atoms with E-state index in [0.29, 0.717) is 61.9 Å². The molecule has 6 rings (SSSR count). The first-order chi connectivity index (χ1) is 18.1. The fourth-order valence-electron chi connectivity index (χ4n) is 5.84. The lowest BCUT2D eigenvalue weighted by Gasteiger charge is -2.36. The highest BCUT2D eigenvalue weighted by Crippen LogP contribution is 2.44. The van der Waals surface area contributed by atoms with Gasteiger partial charge in [-0.2, -0.15) is 18.3 Å². The van der Waals surface area contributed by atoms with E-state index in [9.17, 15) is 22.8 Å². The molecule has 1 saturated heterocycles. The number of amides is 2. The molecular formula is C27H31F3N4O4. The van der Waals surface area contributed by atoms with E-state index >= 15 is 0 Å². The molecule has 2 amide bonds. The number of halogens is 3. The van der Waals surface area contributed by atoms with Crippen molar-refractivity contribution in [3.05, 3.63) is 46.3 Å². The summed E-state index contributed by atoms with van der Waals surface area (Å²) in [6.45, 7) is 2.16. The Morgan fingerprint density at radius 3 is 2.79 bits per heavy atom. The summed E-state index contributed by atoms with van der Waals surface area (Å²) in [5.41, 5.74) is 2.44. The van der Waals surface area contributed by atoms with E-state index in [0.717, 1.165) is 17.5 Å². The molecule has 0 unspecified atom stereocenters. The van der Waals surface area contributed by atoms with E-state index in [1.165, 1.54) is 18.9 Å². The van der Waals surface area contributed by atoms with Gasteiger partial charge in [0.1, 0.15) is 5.75 Å². The molecule has 8 nitrogen and oxygen atoms in total. The van der Waals surface area contributed by atoms with Gasteiger partial charge in [0, 0.05) is 13.0 Å². The van der Waals surface area contributed by atoms with Crippen LogP contribution >= 0.6 is 0 Å². The summed E-state index contributed by atoms with van der Waals surface area (Å²) >= 11 is 0. The Balaban J connectivity index is 1.26. The quantitative estimate of drug-likeness (QED) is 0.544. The topological polar surface area (TPSA) is 94.5 Å². The lowest BCUT2D eigenvalue weighted by Crippen LogP contribution is -2.52. The van der Waals surface area contributed by atoms with Gasteiger partial charge in [0.25, 0.3) is 5.91 Å². The van der Waals surface area contributed by atoms with E-state index in [-0.39, 0.29) is 24.1 Å². The number of hydrogen-bond donors (Lipinski definition) is 2. The van der Waals surface area contributed by atoms with Crippen molar-refractivity contribution in [2.75, 3.05) is 19.8 Å². The number of hydrogen-bond acceptors (Lipinski definition) is 5. The van der Waals surface area contributed by atoms with Gasteiger partial charge in [-0.05, 0) is 55.4 Å². The van der Waals surface area contributed by atoms with Gasteiger partial charge in [0.2, 0.25) is 5.91 Å². The highest BCUT2D eigenvalue weighted by molar-refractivity contribution is 5.98. The Kier molecular flexibility index (Phi) is 5.97. The van der Waals surface area contributed by atoms with Crippen molar-refractivity contribution in [3.8, 4) is 5.75 Å². The second-order valence-corrected chi connectivity index (χ2v) is 11.4. The van der Waals surface area contributed by atoms with Crippen molar-refractivity contribution in [1.29, 1.82) is 0 Å². The maximum Gasteiger partial charge on any atom is 0.422 e. The monoisotopic (exact) mass is 532 g/mol. The van der Waals surface area contributed by atoms with E-state index in [1.807, 2.05) is 11.6 Å². The zero-order valence-corrected chi connectivity index (χ0v) is 21.2. The Hall–Kier alpha value is -3.08. The molecule has 0 bridgehead atoms. The van der Waals surface area contributed by atoms with Gasteiger partial charge in [-0.25, -0.2) is 0 Å². The minimum atomic E-state index is -4.41. The molecule has 2 aromatic rings. The standard InChI is InChI=1S/C27H31F3N4O4/c1-25(13-37-14-25)24(36)31-12-21-22-20(33-34(21)9-7-16-2-3-16)11-26(32-23(22)35)8-6-17-10-18(4-5-19(17)26)38-15-27(28,29)30/h4-5,10,16H,2-3,6-9,11-15H2,1H3,(H,31,36)(H,32,35)/t26-/m0/s1. The predicted molar refractivity (Wildman–Crippen MR) is 130 cm³/mol. The number of ether oxygens (including phenoxy) is 2. The van der Waals surface area contributed by atoms with Gasteiger partial charge in [-0.15, -0.1) is 0 Å². The largest absolute Gasteiger partial charge is 0.484 e. The molecule has 1 atom stereocenters. The second-order valence-electron chi connectivity index (χ2n) is 11.4. The molecule has 38 heavy (non-hydrogen) atoms. The van der Waals surface area contributed by atoms with Gasteiger partial charge in [0.15, 0.2) is 6.61 Å². The van der Waals surface area contributed by atoms with Crippen LogP contribution in [0.1, 0.15) is 65.5 Å². The third kappa shape index (κ3) is 4.65. The zero-order valence-electron chi connectivity index (χ0n) is 21.2. The van der Waals surface area contributed by atoms with Crippen molar-refractivity contribution >= 4 is 11.8 Å². The molecule has 11 heteroatoms. The van der Waals surface area contributed by atoms with Crippen LogP contribution in [0.4, 0.5) is 13.2 Å². The maximum absolute atomic E-state index is 13.6. The van der Waals surface area contributed by atoms with Gasteiger partial charge in [-0.1, -0.05) is 18.9 Å².